The molecule has 2 N–H and O–H groups in total. The van der Waals surface area contributed by atoms with Gasteiger partial charge in [0.25, 0.3) is 0 Å². The van der Waals surface area contributed by atoms with Crippen molar-refractivity contribution in [2.24, 2.45) is 0 Å². The van der Waals surface area contributed by atoms with Gasteiger partial charge < -0.3 is 14.1 Å². The highest BCUT2D eigenvalue weighted by molar-refractivity contribution is 5.93. The molecule has 2 aromatic heterocycles. The maximum atomic E-state index is 11.4. The minimum Gasteiger partial charge on any atom is -0.465 e. The number of H-pyrrole nitrogens is 1. The number of esters is 1. The lowest BCUT2D eigenvalue weighted by molar-refractivity contribution is 0.0601. The monoisotopic (exact) mass is 273 g/mol. The molecule has 0 aliphatic carbocycles. The summed E-state index contributed by atoms with van der Waals surface area (Å²) in [5.74, 6) is 0.499. The van der Waals surface area contributed by atoms with Gasteiger partial charge >= 0.3 is 12.0 Å². The van der Waals surface area contributed by atoms with Crippen molar-refractivity contribution < 1.29 is 13.9 Å². The van der Waals surface area contributed by atoms with Crippen LogP contribution in [0.4, 0.5) is 12.0 Å². The van der Waals surface area contributed by atoms with Crippen molar-refractivity contribution in [3.8, 4) is 0 Å². The number of carbonyl (C=O) groups is 1. The van der Waals surface area contributed by atoms with Gasteiger partial charge in [-0.05, 0) is 18.2 Å². The number of aryl methyl sites for hydroxylation is 1. The number of hydrogen-bond acceptors (Lipinski definition) is 7. The van der Waals surface area contributed by atoms with Crippen LogP contribution in [0.15, 0.2) is 22.6 Å². The molecule has 3 rings (SSSR count). The SMILES string of the molecule is COC(=O)c1ccc2[nH]c(Nc3nnc(C)o3)nc2c1. The van der Waals surface area contributed by atoms with Crippen LogP contribution in [0, 0.1) is 6.92 Å². The Labute approximate surface area is 113 Å². The van der Waals surface area contributed by atoms with Crippen LogP contribution in [0.3, 0.4) is 0 Å². The van der Waals surface area contributed by atoms with Crippen molar-refractivity contribution in [2.45, 2.75) is 6.92 Å². The van der Waals surface area contributed by atoms with Crippen LogP contribution in [0.5, 0.6) is 0 Å². The highest BCUT2D eigenvalue weighted by Gasteiger charge is 2.10. The Bertz CT molecular complexity index is 776. The molecule has 102 valence electrons. The lowest BCUT2D eigenvalue weighted by Crippen LogP contribution is -2.00. The third-order valence-electron chi connectivity index (χ3n) is 2.66. The zero-order valence-electron chi connectivity index (χ0n) is 10.8. The molecule has 0 unspecified atom stereocenters. The number of nitrogens with one attached hydrogen (secondary N) is 2. The molecule has 1 aromatic carbocycles. The van der Waals surface area contributed by atoms with Gasteiger partial charge in [0, 0.05) is 6.92 Å². The second-order valence-corrected chi connectivity index (χ2v) is 4.06. The zero-order valence-corrected chi connectivity index (χ0v) is 10.8. The maximum Gasteiger partial charge on any atom is 0.337 e. The average molecular weight is 273 g/mol. The average Bonchev–Trinajstić information content (AvgIpc) is 3.02. The number of aromatic amines is 1. The number of fused-ring (bicyclic) bond motifs is 1. The minimum absolute atomic E-state index is 0.245. The molecule has 0 atom stereocenters. The van der Waals surface area contributed by atoms with E-state index < -0.39 is 5.97 Å². The van der Waals surface area contributed by atoms with E-state index >= 15 is 0 Å². The van der Waals surface area contributed by atoms with E-state index in [1.54, 1.807) is 25.1 Å². The fraction of sp³-hybridized carbons (Fsp3) is 0.167. The van der Waals surface area contributed by atoms with Gasteiger partial charge in [-0.2, -0.15) is 0 Å². The summed E-state index contributed by atoms with van der Waals surface area (Å²) < 4.78 is 9.86. The molecule has 0 aliphatic heterocycles. The van der Waals surface area contributed by atoms with Gasteiger partial charge in [0.1, 0.15) is 0 Å². The molecular weight excluding hydrogens is 262 g/mol. The fourth-order valence-corrected chi connectivity index (χ4v) is 1.76. The van der Waals surface area contributed by atoms with Crippen molar-refractivity contribution >= 4 is 29.0 Å². The molecule has 0 fully saturated rings. The predicted molar refractivity (Wildman–Crippen MR) is 69.8 cm³/mol. The second kappa shape index (κ2) is 4.65. The minimum atomic E-state index is -0.406. The number of ether oxygens (including phenoxy) is 1. The molecular formula is C12H11N5O3. The van der Waals surface area contributed by atoms with Crippen LogP contribution in [0.25, 0.3) is 11.0 Å². The Morgan fingerprint density at radius 1 is 1.40 bits per heavy atom. The molecule has 0 aliphatic rings. The lowest BCUT2D eigenvalue weighted by atomic mass is 10.2. The fourth-order valence-electron chi connectivity index (χ4n) is 1.76. The van der Waals surface area contributed by atoms with Crippen molar-refractivity contribution in [1.29, 1.82) is 0 Å². The Morgan fingerprint density at radius 2 is 2.25 bits per heavy atom. The van der Waals surface area contributed by atoms with Crippen molar-refractivity contribution in [3.05, 3.63) is 29.7 Å². The van der Waals surface area contributed by atoms with Crippen LogP contribution in [0.1, 0.15) is 16.2 Å². The molecule has 20 heavy (non-hydrogen) atoms. The lowest BCUT2D eigenvalue weighted by Gasteiger charge is -1.97. The van der Waals surface area contributed by atoms with Gasteiger partial charge in [-0.15, -0.1) is 5.10 Å². The number of carbonyl (C=O) groups excluding carboxylic acids is 1. The van der Waals surface area contributed by atoms with Crippen LogP contribution >= 0.6 is 0 Å². The Morgan fingerprint density at radius 3 is 2.95 bits per heavy atom. The van der Waals surface area contributed by atoms with E-state index in [9.17, 15) is 4.79 Å². The summed E-state index contributed by atoms with van der Waals surface area (Å²) in [6.07, 6.45) is 0. The first kappa shape index (κ1) is 12.2. The number of aromatic nitrogens is 4. The summed E-state index contributed by atoms with van der Waals surface area (Å²) in [5, 5.41) is 10.4. The molecule has 0 bridgehead atoms. The molecule has 8 heteroatoms. The van der Waals surface area contributed by atoms with E-state index in [2.05, 4.69) is 30.2 Å². The number of anilines is 2. The Hall–Kier alpha value is -2.90. The molecule has 3 aromatic rings. The summed E-state index contributed by atoms with van der Waals surface area (Å²) >= 11 is 0. The first-order chi connectivity index (χ1) is 9.65. The smallest absolute Gasteiger partial charge is 0.337 e. The molecule has 8 nitrogen and oxygen atoms in total. The number of imidazole rings is 1. The number of benzene rings is 1. The number of hydrogen-bond donors (Lipinski definition) is 2. The van der Waals surface area contributed by atoms with Crippen LogP contribution in [-0.2, 0) is 4.74 Å². The van der Waals surface area contributed by atoms with Crippen molar-refractivity contribution in [3.63, 3.8) is 0 Å². The van der Waals surface area contributed by atoms with Gasteiger partial charge in [-0.3, -0.25) is 5.32 Å². The summed E-state index contributed by atoms with van der Waals surface area (Å²) in [5.41, 5.74) is 1.84. The highest BCUT2D eigenvalue weighted by atomic mass is 16.5. The summed E-state index contributed by atoms with van der Waals surface area (Å²) in [7, 11) is 1.34. The topological polar surface area (TPSA) is 106 Å². The Balaban J connectivity index is 1.92. The van der Waals surface area contributed by atoms with Gasteiger partial charge in [-0.1, -0.05) is 5.10 Å². The molecule has 2 heterocycles. The van der Waals surface area contributed by atoms with Gasteiger partial charge in [-0.25, -0.2) is 9.78 Å². The first-order valence-electron chi connectivity index (χ1n) is 5.81. The van der Waals surface area contributed by atoms with E-state index in [1.165, 1.54) is 7.11 Å². The molecule has 0 radical (unpaired) electrons. The van der Waals surface area contributed by atoms with Gasteiger partial charge in [0.05, 0.1) is 23.7 Å². The van der Waals surface area contributed by atoms with E-state index in [1.807, 2.05) is 0 Å². The van der Waals surface area contributed by atoms with Crippen molar-refractivity contribution in [2.75, 3.05) is 12.4 Å². The summed E-state index contributed by atoms with van der Waals surface area (Å²) in [6.45, 7) is 1.69. The quantitative estimate of drug-likeness (QED) is 0.700. The first-order valence-corrected chi connectivity index (χ1v) is 5.81. The highest BCUT2D eigenvalue weighted by Crippen LogP contribution is 2.19. The van der Waals surface area contributed by atoms with Crippen LogP contribution < -0.4 is 5.32 Å². The molecule has 0 saturated heterocycles. The molecule has 0 spiro atoms. The van der Waals surface area contributed by atoms with Crippen LogP contribution in [-0.4, -0.2) is 33.2 Å². The molecule has 0 amide bonds. The number of nitrogens with zero attached hydrogens (tertiary/aromatic N) is 3. The van der Waals surface area contributed by atoms with Gasteiger partial charge in [0.2, 0.25) is 11.8 Å². The van der Waals surface area contributed by atoms with E-state index in [0.717, 1.165) is 5.52 Å². The number of methoxy groups -OCH3 is 1. The van der Waals surface area contributed by atoms with Crippen LogP contribution in [0.2, 0.25) is 0 Å². The standard InChI is InChI=1S/C12H11N5O3/c1-6-16-17-12(20-6)15-11-13-8-4-3-7(10(18)19-2)5-9(8)14-11/h3-5H,1-2H3,(H2,13,14,15,17). The largest absolute Gasteiger partial charge is 0.465 e. The number of rotatable bonds is 3. The third-order valence-corrected chi connectivity index (χ3v) is 2.66. The zero-order chi connectivity index (χ0) is 14.1. The second-order valence-electron chi connectivity index (χ2n) is 4.06. The maximum absolute atomic E-state index is 11.4. The predicted octanol–water partition coefficient (Wildman–Crippen LogP) is 1.78. The summed E-state index contributed by atoms with van der Waals surface area (Å²) in [4.78, 5) is 18.8. The van der Waals surface area contributed by atoms with Crippen molar-refractivity contribution in [1.82, 2.24) is 20.2 Å². The van der Waals surface area contributed by atoms with E-state index in [0.29, 0.717) is 22.9 Å². The Kier molecular flexibility index (Phi) is 2.82. The third kappa shape index (κ3) is 2.18. The molecule has 0 saturated carbocycles. The normalized spacial score (nSPS) is 10.7. The summed E-state index contributed by atoms with van der Waals surface area (Å²) in [6, 6.07) is 5.29. The van der Waals surface area contributed by atoms with E-state index in [-0.39, 0.29) is 6.01 Å². The van der Waals surface area contributed by atoms with E-state index in [4.69, 9.17) is 4.42 Å². The van der Waals surface area contributed by atoms with Gasteiger partial charge in [0.15, 0.2) is 0 Å².